The molecule has 1 amide bonds. The van der Waals surface area contributed by atoms with Crippen LogP contribution in [0.4, 0.5) is 0 Å². The highest BCUT2D eigenvalue weighted by Gasteiger charge is 2.21. The lowest BCUT2D eigenvalue weighted by molar-refractivity contribution is -0.130. The van der Waals surface area contributed by atoms with Crippen molar-refractivity contribution in [2.75, 3.05) is 37.7 Å². The normalized spacial score (nSPS) is 15.8. The number of hydrogen-bond donors (Lipinski definition) is 0. The number of aromatic nitrogens is 2. The first-order valence-electron chi connectivity index (χ1n) is 7.86. The van der Waals surface area contributed by atoms with Gasteiger partial charge in [-0.15, -0.1) is 21.5 Å². The predicted octanol–water partition coefficient (Wildman–Crippen LogP) is 3.15. The maximum Gasteiger partial charge on any atom is 0.233 e. The van der Waals surface area contributed by atoms with Crippen molar-refractivity contribution in [2.45, 2.75) is 22.1 Å². The molecule has 0 atom stereocenters. The van der Waals surface area contributed by atoms with Crippen molar-refractivity contribution in [1.29, 1.82) is 0 Å². The Hall–Kier alpha value is -0.610. The van der Waals surface area contributed by atoms with Gasteiger partial charge in [-0.2, -0.15) is 0 Å². The van der Waals surface area contributed by atoms with Gasteiger partial charge in [-0.25, -0.2) is 0 Å². The van der Waals surface area contributed by atoms with Gasteiger partial charge in [0.2, 0.25) is 5.91 Å². The summed E-state index contributed by atoms with van der Waals surface area (Å²) in [6, 6.07) is 4.26. The van der Waals surface area contributed by atoms with Crippen molar-refractivity contribution in [1.82, 2.24) is 20.0 Å². The van der Waals surface area contributed by atoms with Crippen molar-refractivity contribution in [3.05, 3.63) is 22.4 Å². The minimum atomic E-state index is 0.204. The zero-order valence-corrected chi connectivity index (χ0v) is 16.8. The first kappa shape index (κ1) is 18.2. The maximum atomic E-state index is 12.4. The summed E-state index contributed by atoms with van der Waals surface area (Å²) in [6.07, 6.45) is 0. The molecule has 3 heterocycles. The van der Waals surface area contributed by atoms with E-state index in [1.807, 2.05) is 4.90 Å². The summed E-state index contributed by atoms with van der Waals surface area (Å²) < 4.78 is 1.87. The standard InChI is InChI=1S/C15H20N4OS4/c1-2-21-14-16-17-15(24-14)23-11-13(20)19-7-5-18(6-8-19)10-12-4-3-9-22-12/h3-4,9H,2,5-8,10-11H2,1H3. The number of thiophene rings is 1. The van der Waals surface area contributed by atoms with Crippen molar-refractivity contribution in [3.8, 4) is 0 Å². The molecule has 5 nitrogen and oxygen atoms in total. The van der Waals surface area contributed by atoms with Crippen LogP contribution in [0.5, 0.6) is 0 Å². The Balaban J connectivity index is 1.40. The average molecular weight is 401 g/mol. The molecule has 2 aromatic rings. The van der Waals surface area contributed by atoms with Crippen LogP contribution in [0.25, 0.3) is 0 Å². The monoisotopic (exact) mass is 400 g/mol. The number of carbonyl (C=O) groups is 1. The summed E-state index contributed by atoms with van der Waals surface area (Å²) in [5.74, 6) is 1.65. The lowest BCUT2D eigenvalue weighted by Crippen LogP contribution is -2.48. The topological polar surface area (TPSA) is 49.3 Å². The van der Waals surface area contributed by atoms with Gasteiger partial charge < -0.3 is 4.90 Å². The smallest absolute Gasteiger partial charge is 0.233 e. The molecule has 24 heavy (non-hydrogen) atoms. The second kappa shape index (κ2) is 9.19. The lowest BCUT2D eigenvalue weighted by atomic mass is 10.3. The van der Waals surface area contributed by atoms with E-state index in [-0.39, 0.29) is 5.91 Å². The fraction of sp³-hybridized carbons (Fsp3) is 0.533. The number of rotatable bonds is 7. The predicted molar refractivity (Wildman–Crippen MR) is 103 cm³/mol. The first-order chi connectivity index (χ1) is 11.7. The zero-order valence-electron chi connectivity index (χ0n) is 13.5. The van der Waals surface area contributed by atoms with Crippen LogP contribution >= 0.6 is 46.2 Å². The molecule has 0 aliphatic carbocycles. The summed E-state index contributed by atoms with van der Waals surface area (Å²) in [6.45, 7) is 6.63. The minimum Gasteiger partial charge on any atom is -0.339 e. The average Bonchev–Trinajstić information content (AvgIpc) is 3.26. The van der Waals surface area contributed by atoms with Crippen LogP contribution in [-0.2, 0) is 11.3 Å². The van der Waals surface area contributed by atoms with E-state index in [1.165, 1.54) is 16.6 Å². The largest absolute Gasteiger partial charge is 0.339 e. The van der Waals surface area contributed by atoms with Crippen molar-refractivity contribution >= 4 is 52.1 Å². The molecule has 0 radical (unpaired) electrons. The van der Waals surface area contributed by atoms with Gasteiger partial charge in [0.1, 0.15) is 0 Å². The highest BCUT2D eigenvalue weighted by atomic mass is 32.2. The molecular formula is C15H20N4OS4. The highest BCUT2D eigenvalue weighted by molar-refractivity contribution is 8.03. The molecule has 1 fully saturated rings. The number of nitrogens with zero attached hydrogens (tertiary/aromatic N) is 4. The van der Waals surface area contributed by atoms with Crippen molar-refractivity contribution in [3.63, 3.8) is 0 Å². The summed E-state index contributed by atoms with van der Waals surface area (Å²) in [5, 5.41) is 10.4. The van der Waals surface area contributed by atoms with E-state index in [0.29, 0.717) is 5.75 Å². The van der Waals surface area contributed by atoms with E-state index >= 15 is 0 Å². The molecule has 1 aliphatic rings. The van der Waals surface area contributed by atoms with Crippen LogP contribution in [0, 0.1) is 0 Å². The van der Waals surface area contributed by atoms with Crippen LogP contribution in [0.15, 0.2) is 26.2 Å². The highest BCUT2D eigenvalue weighted by Crippen LogP contribution is 2.28. The molecule has 0 aromatic carbocycles. The van der Waals surface area contributed by atoms with Gasteiger partial charge in [0.15, 0.2) is 8.68 Å². The molecule has 1 aliphatic heterocycles. The van der Waals surface area contributed by atoms with E-state index in [9.17, 15) is 4.79 Å². The van der Waals surface area contributed by atoms with Gasteiger partial charge in [-0.1, -0.05) is 47.9 Å². The molecule has 3 rings (SSSR count). The Labute approximate surface area is 158 Å². The Kier molecular flexibility index (Phi) is 6.96. The Morgan fingerprint density at radius 3 is 2.62 bits per heavy atom. The summed E-state index contributed by atoms with van der Waals surface area (Å²) in [7, 11) is 0. The van der Waals surface area contributed by atoms with Crippen molar-refractivity contribution in [2.24, 2.45) is 0 Å². The molecule has 0 N–H and O–H groups in total. The third-order valence-electron chi connectivity index (χ3n) is 3.66. The molecule has 0 saturated carbocycles. The molecule has 130 valence electrons. The van der Waals surface area contributed by atoms with E-state index in [4.69, 9.17) is 0 Å². The van der Waals surface area contributed by atoms with Gasteiger partial charge in [0.25, 0.3) is 0 Å². The Morgan fingerprint density at radius 2 is 1.96 bits per heavy atom. The second-order valence-electron chi connectivity index (χ2n) is 5.29. The maximum absolute atomic E-state index is 12.4. The number of carbonyl (C=O) groups excluding carboxylic acids is 1. The molecular weight excluding hydrogens is 380 g/mol. The molecule has 9 heteroatoms. The fourth-order valence-corrected chi connectivity index (χ4v) is 6.00. The van der Waals surface area contributed by atoms with Gasteiger partial charge in [0.05, 0.1) is 5.75 Å². The Bertz CT molecular complexity index is 638. The number of hydrogen-bond acceptors (Lipinski definition) is 8. The molecule has 0 unspecified atom stereocenters. The SMILES string of the molecule is CCSc1nnc(SCC(=O)N2CCN(Cc3cccs3)CC2)s1. The summed E-state index contributed by atoms with van der Waals surface area (Å²) in [4.78, 5) is 18.1. The molecule has 0 bridgehead atoms. The van der Waals surface area contributed by atoms with Gasteiger partial charge >= 0.3 is 0 Å². The van der Waals surface area contributed by atoms with E-state index in [1.54, 1.807) is 34.4 Å². The lowest BCUT2D eigenvalue weighted by Gasteiger charge is -2.34. The fourth-order valence-electron chi connectivity index (χ4n) is 2.43. The van der Waals surface area contributed by atoms with Crippen molar-refractivity contribution < 1.29 is 4.79 Å². The van der Waals surface area contributed by atoms with Gasteiger partial charge in [-0.3, -0.25) is 9.69 Å². The van der Waals surface area contributed by atoms with E-state index in [0.717, 1.165) is 47.2 Å². The second-order valence-corrected chi connectivity index (χ2v) is 10.0. The summed E-state index contributed by atoms with van der Waals surface area (Å²) >= 11 is 6.56. The third-order valence-corrected chi connectivity index (χ3v) is 7.58. The van der Waals surface area contributed by atoms with Gasteiger partial charge in [-0.05, 0) is 17.2 Å². The van der Waals surface area contributed by atoms with Crippen LogP contribution < -0.4 is 0 Å². The van der Waals surface area contributed by atoms with Gasteiger partial charge in [0, 0.05) is 37.6 Å². The first-order valence-corrected chi connectivity index (χ1v) is 11.5. The van der Waals surface area contributed by atoms with Crippen LogP contribution in [0.3, 0.4) is 0 Å². The minimum absolute atomic E-state index is 0.204. The summed E-state index contributed by atoms with van der Waals surface area (Å²) in [5.41, 5.74) is 0. The molecule has 0 spiro atoms. The Morgan fingerprint density at radius 1 is 1.21 bits per heavy atom. The zero-order chi connectivity index (χ0) is 16.8. The number of thioether (sulfide) groups is 2. The van der Waals surface area contributed by atoms with E-state index in [2.05, 4.69) is 39.5 Å². The number of amides is 1. The molecule has 2 aromatic heterocycles. The van der Waals surface area contributed by atoms with Crippen LogP contribution in [-0.4, -0.2) is 63.6 Å². The number of piperazine rings is 1. The molecule has 1 saturated heterocycles. The quantitative estimate of drug-likeness (QED) is 0.666. The third kappa shape index (κ3) is 5.19. The van der Waals surface area contributed by atoms with Crippen LogP contribution in [0.2, 0.25) is 0 Å². The van der Waals surface area contributed by atoms with E-state index < -0.39 is 0 Å². The van der Waals surface area contributed by atoms with Crippen LogP contribution in [0.1, 0.15) is 11.8 Å².